The molecule has 2 heterocycles. The predicted molar refractivity (Wildman–Crippen MR) is 66.7 cm³/mol. The Morgan fingerprint density at radius 3 is 3.12 bits per heavy atom. The van der Waals surface area contributed by atoms with E-state index in [1.807, 2.05) is 4.90 Å². The fourth-order valence-electron chi connectivity index (χ4n) is 1.96. The van der Waals surface area contributed by atoms with Gasteiger partial charge in [0.1, 0.15) is 0 Å². The van der Waals surface area contributed by atoms with Crippen LogP contribution in [0.15, 0.2) is 22.9 Å². The topological polar surface area (TPSA) is 33.2 Å². The van der Waals surface area contributed by atoms with Gasteiger partial charge in [-0.25, -0.2) is 0 Å². The average Bonchev–Trinajstić information content (AvgIpc) is 2.76. The van der Waals surface area contributed by atoms with Crippen LogP contribution in [-0.4, -0.2) is 34.3 Å². The standard InChI is InChI=1S/C11H12BrClN2O/c12-9-4-8(6-14-7-9)11(16)15-3-1-2-10(15)5-13/h4,6-7,10H,1-3,5H2. The Balaban J connectivity index is 2.18. The van der Waals surface area contributed by atoms with Crippen LogP contribution < -0.4 is 0 Å². The van der Waals surface area contributed by atoms with Crippen LogP contribution in [-0.2, 0) is 0 Å². The summed E-state index contributed by atoms with van der Waals surface area (Å²) in [5.41, 5.74) is 0.617. The fourth-order valence-corrected chi connectivity index (χ4v) is 2.64. The first-order chi connectivity index (χ1) is 7.72. The first kappa shape index (κ1) is 11.9. The molecule has 1 aromatic rings. The van der Waals surface area contributed by atoms with Gasteiger partial charge in [0.25, 0.3) is 5.91 Å². The maximum Gasteiger partial charge on any atom is 0.255 e. The number of aromatic nitrogens is 1. The second-order valence-electron chi connectivity index (χ2n) is 3.84. The number of pyridine rings is 1. The summed E-state index contributed by atoms with van der Waals surface area (Å²) in [4.78, 5) is 18.0. The highest BCUT2D eigenvalue weighted by atomic mass is 79.9. The summed E-state index contributed by atoms with van der Waals surface area (Å²) >= 11 is 9.16. The second-order valence-corrected chi connectivity index (χ2v) is 5.07. The predicted octanol–water partition coefficient (Wildman–Crippen LogP) is 2.69. The molecule has 1 atom stereocenters. The molecular formula is C11H12BrClN2O. The van der Waals surface area contributed by atoms with Crippen LogP contribution in [0.5, 0.6) is 0 Å². The number of likely N-dealkylation sites (tertiary alicyclic amines) is 1. The molecule has 0 aromatic carbocycles. The Bertz CT molecular complexity index is 399. The van der Waals surface area contributed by atoms with Gasteiger partial charge in [-0.1, -0.05) is 0 Å². The lowest BCUT2D eigenvalue weighted by Crippen LogP contribution is -2.36. The van der Waals surface area contributed by atoms with Crippen molar-refractivity contribution in [2.75, 3.05) is 12.4 Å². The van der Waals surface area contributed by atoms with Crippen molar-refractivity contribution >= 4 is 33.4 Å². The third-order valence-corrected chi connectivity index (χ3v) is 3.56. The fraction of sp³-hybridized carbons (Fsp3) is 0.455. The maximum atomic E-state index is 12.2. The molecule has 86 valence electrons. The molecule has 1 saturated heterocycles. The van der Waals surface area contributed by atoms with E-state index in [0.717, 1.165) is 23.9 Å². The summed E-state index contributed by atoms with van der Waals surface area (Å²) in [5, 5.41) is 0. The normalized spacial score (nSPS) is 20.1. The number of halogens is 2. The Labute approximate surface area is 108 Å². The minimum atomic E-state index is 0.0250. The lowest BCUT2D eigenvalue weighted by Gasteiger charge is -2.22. The maximum absolute atomic E-state index is 12.2. The van der Waals surface area contributed by atoms with E-state index < -0.39 is 0 Å². The number of carbonyl (C=O) groups is 1. The lowest BCUT2D eigenvalue weighted by molar-refractivity contribution is 0.0748. The van der Waals surface area contributed by atoms with Crippen LogP contribution in [0.2, 0.25) is 0 Å². The van der Waals surface area contributed by atoms with Crippen LogP contribution in [0.3, 0.4) is 0 Å². The number of amides is 1. The summed E-state index contributed by atoms with van der Waals surface area (Å²) in [7, 11) is 0. The number of alkyl halides is 1. The third-order valence-electron chi connectivity index (χ3n) is 2.77. The molecule has 1 aliphatic rings. The Hall–Kier alpha value is -0.610. The van der Waals surface area contributed by atoms with E-state index in [-0.39, 0.29) is 11.9 Å². The summed E-state index contributed by atoms with van der Waals surface area (Å²) in [5.74, 6) is 0.532. The molecule has 1 unspecified atom stereocenters. The summed E-state index contributed by atoms with van der Waals surface area (Å²) in [6.07, 6.45) is 5.29. The van der Waals surface area contributed by atoms with Gasteiger partial charge in [0.2, 0.25) is 0 Å². The van der Waals surface area contributed by atoms with Gasteiger partial charge in [-0.05, 0) is 34.8 Å². The van der Waals surface area contributed by atoms with Gasteiger partial charge in [-0.15, -0.1) is 11.6 Å². The highest BCUT2D eigenvalue weighted by molar-refractivity contribution is 9.10. The van der Waals surface area contributed by atoms with E-state index in [9.17, 15) is 4.79 Å². The van der Waals surface area contributed by atoms with Gasteiger partial charge < -0.3 is 4.90 Å². The smallest absolute Gasteiger partial charge is 0.255 e. The van der Waals surface area contributed by atoms with E-state index >= 15 is 0 Å². The quantitative estimate of drug-likeness (QED) is 0.787. The van der Waals surface area contributed by atoms with E-state index in [1.165, 1.54) is 0 Å². The van der Waals surface area contributed by atoms with E-state index in [4.69, 9.17) is 11.6 Å². The number of nitrogens with zero attached hydrogens (tertiary/aromatic N) is 2. The van der Waals surface area contributed by atoms with Gasteiger partial charge in [-0.2, -0.15) is 0 Å². The minimum Gasteiger partial charge on any atom is -0.334 e. The molecule has 0 aliphatic carbocycles. The number of hydrogen-bond donors (Lipinski definition) is 0. The molecule has 1 amide bonds. The largest absolute Gasteiger partial charge is 0.334 e. The van der Waals surface area contributed by atoms with Gasteiger partial charge in [-0.3, -0.25) is 9.78 Å². The van der Waals surface area contributed by atoms with Crippen LogP contribution >= 0.6 is 27.5 Å². The van der Waals surface area contributed by atoms with Crippen molar-refractivity contribution in [3.05, 3.63) is 28.5 Å². The minimum absolute atomic E-state index is 0.0250. The molecule has 1 aromatic heterocycles. The summed E-state index contributed by atoms with van der Waals surface area (Å²) in [6, 6.07) is 1.96. The molecular weight excluding hydrogens is 291 g/mol. The van der Waals surface area contributed by atoms with Crippen molar-refractivity contribution in [1.82, 2.24) is 9.88 Å². The van der Waals surface area contributed by atoms with E-state index in [0.29, 0.717) is 11.4 Å². The molecule has 0 radical (unpaired) electrons. The molecule has 16 heavy (non-hydrogen) atoms. The van der Waals surface area contributed by atoms with Crippen LogP contribution in [0, 0.1) is 0 Å². The van der Waals surface area contributed by atoms with E-state index in [1.54, 1.807) is 18.5 Å². The van der Waals surface area contributed by atoms with Crippen LogP contribution in [0.1, 0.15) is 23.2 Å². The van der Waals surface area contributed by atoms with E-state index in [2.05, 4.69) is 20.9 Å². The van der Waals surface area contributed by atoms with Crippen LogP contribution in [0.25, 0.3) is 0 Å². The number of hydrogen-bond acceptors (Lipinski definition) is 2. The zero-order valence-electron chi connectivity index (χ0n) is 8.70. The molecule has 5 heteroatoms. The first-order valence-electron chi connectivity index (χ1n) is 5.20. The molecule has 0 N–H and O–H groups in total. The molecule has 3 nitrogen and oxygen atoms in total. The van der Waals surface area contributed by atoms with Crippen LogP contribution in [0.4, 0.5) is 0 Å². The zero-order valence-corrected chi connectivity index (χ0v) is 11.0. The van der Waals surface area contributed by atoms with Gasteiger partial charge >= 0.3 is 0 Å². The van der Waals surface area contributed by atoms with Crippen molar-refractivity contribution in [2.24, 2.45) is 0 Å². The van der Waals surface area contributed by atoms with Crippen molar-refractivity contribution in [3.8, 4) is 0 Å². The Morgan fingerprint density at radius 2 is 2.44 bits per heavy atom. The van der Waals surface area contributed by atoms with Gasteiger partial charge in [0, 0.05) is 35.3 Å². The molecule has 1 fully saturated rings. The Kier molecular flexibility index (Phi) is 3.82. The average molecular weight is 304 g/mol. The van der Waals surface area contributed by atoms with Crippen molar-refractivity contribution in [1.29, 1.82) is 0 Å². The van der Waals surface area contributed by atoms with Gasteiger partial charge in [0.05, 0.1) is 5.56 Å². The molecule has 2 rings (SSSR count). The molecule has 0 saturated carbocycles. The van der Waals surface area contributed by atoms with Crippen molar-refractivity contribution in [3.63, 3.8) is 0 Å². The Morgan fingerprint density at radius 1 is 1.62 bits per heavy atom. The highest BCUT2D eigenvalue weighted by Gasteiger charge is 2.28. The molecule has 0 bridgehead atoms. The van der Waals surface area contributed by atoms with Crippen molar-refractivity contribution < 1.29 is 4.79 Å². The SMILES string of the molecule is O=C(c1cncc(Br)c1)N1CCCC1CCl. The molecule has 1 aliphatic heterocycles. The second kappa shape index (κ2) is 5.15. The highest BCUT2D eigenvalue weighted by Crippen LogP contribution is 2.21. The zero-order chi connectivity index (χ0) is 11.5. The molecule has 0 spiro atoms. The van der Waals surface area contributed by atoms with Crippen molar-refractivity contribution in [2.45, 2.75) is 18.9 Å². The summed E-state index contributed by atoms with van der Waals surface area (Å²) < 4.78 is 0.819. The lowest BCUT2D eigenvalue weighted by atomic mass is 10.2. The first-order valence-corrected chi connectivity index (χ1v) is 6.52. The van der Waals surface area contributed by atoms with Gasteiger partial charge in [0.15, 0.2) is 0 Å². The number of rotatable bonds is 2. The monoisotopic (exact) mass is 302 g/mol. The summed E-state index contributed by atoms with van der Waals surface area (Å²) in [6.45, 7) is 0.794. The third kappa shape index (κ3) is 2.38. The number of carbonyl (C=O) groups excluding carboxylic acids is 1.